The van der Waals surface area contributed by atoms with Gasteiger partial charge >= 0.3 is 0 Å². The van der Waals surface area contributed by atoms with Gasteiger partial charge in [-0.2, -0.15) is 0 Å². The van der Waals surface area contributed by atoms with Gasteiger partial charge in [0.25, 0.3) is 0 Å². The monoisotopic (exact) mass is 284 g/mol. The molecule has 2 unspecified atom stereocenters. The third kappa shape index (κ3) is 3.95. The highest BCUT2D eigenvalue weighted by atomic mass is 16.5. The molecule has 1 N–H and O–H groups in total. The summed E-state index contributed by atoms with van der Waals surface area (Å²) in [5.41, 5.74) is -0.734. The smallest absolute Gasteiger partial charge is 0.243 e. The fraction of sp³-hybridized carbons (Fsp3) is 0.938. The van der Waals surface area contributed by atoms with Crippen LogP contribution in [0.2, 0.25) is 0 Å². The molecule has 0 saturated carbocycles. The summed E-state index contributed by atoms with van der Waals surface area (Å²) >= 11 is 0. The van der Waals surface area contributed by atoms with E-state index in [9.17, 15) is 4.79 Å². The molecule has 118 valence electrons. The van der Waals surface area contributed by atoms with Gasteiger partial charge in [-0.25, -0.2) is 0 Å². The van der Waals surface area contributed by atoms with Crippen LogP contribution in [0.25, 0.3) is 0 Å². The van der Waals surface area contributed by atoms with Crippen LogP contribution in [-0.4, -0.2) is 41.3 Å². The lowest BCUT2D eigenvalue weighted by Gasteiger charge is -2.34. The predicted octanol–water partition coefficient (Wildman–Crippen LogP) is 2.77. The minimum Gasteiger partial charge on any atom is -0.374 e. The predicted molar refractivity (Wildman–Crippen MR) is 82.5 cm³/mol. The fourth-order valence-corrected chi connectivity index (χ4v) is 2.88. The van der Waals surface area contributed by atoms with E-state index in [4.69, 9.17) is 4.74 Å². The van der Waals surface area contributed by atoms with Crippen molar-refractivity contribution in [3.63, 3.8) is 0 Å². The van der Waals surface area contributed by atoms with Gasteiger partial charge in [0.15, 0.2) is 0 Å². The van der Waals surface area contributed by atoms with Crippen LogP contribution in [0.5, 0.6) is 0 Å². The Kier molecular flexibility index (Phi) is 5.61. The van der Waals surface area contributed by atoms with E-state index in [0.717, 1.165) is 12.8 Å². The van der Waals surface area contributed by atoms with E-state index in [0.29, 0.717) is 19.1 Å². The van der Waals surface area contributed by atoms with Crippen LogP contribution in [-0.2, 0) is 9.53 Å². The molecule has 1 fully saturated rings. The van der Waals surface area contributed by atoms with Crippen molar-refractivity contribution in [2.24, 2.45) is 5.92 Å². The average molecular weight is 284 g/mol. The van der Waals surface area contributed by atoms with Crippen molar-refractivity contribution >= 4 is 5.91 Å². The molecule has 0 spiro atoms. The van der Waals surface area contributed by atoms with Gasteiger partial charge < -0.3 is 9.64 Å². The van der Waals surface area contributed by atoms with Gasteiger partial charge in [-0.05, 0) is 46.5 Å². The van der Waals surface area contributed by atoms with E-state index < -0.39 is 5.54 Å². The molecule has 0 aliphatic carbocycles. The van der Waals surface area contributed by atoms with Crippen LogP contribution in [0.15, 0.2) is 0 Å². The summed E-state index contributed by atoms with van der Waals surface area (Å²) in [5.74, 6) is 0.760. The minimum atomic E-state index is -0.429. The molecule has 2 atom stereocenters. The SMILES string of the molecule is CCOC(C)(C)CN1C(=O)C(C)(CC)NC1CC(C)C. The summed E-state index contributed by atoms with van der Waals surface area (Å²) < 4.78 is 5.77. The largest absolute Gasteiger partial charge is 0.374 e. The summed E-state index contributed by atoms with van der Waals surface area (Å²) in [7, 11) is 0. The van der Waals surface area contributed by atoms with Crippen LogP contribution >= 0.6 is 0 Å². The Morgan fingerprint density at radius 1 is 1.40 bits per heavy atom. The lowest BCUT2D eigenvalue weighted by Crippen LogP contribution is -2.47. The van der Waals surface area contributed by atoms with E-state index in [1.165, 1.54) is 0 Å². The number of ether oxygens (including phenoxy) is 1. The van der Waals surface area contributed by atoms with Crippen molar-refractivity contribution in [2.75, 3.05) is 13.2 Å². The average Bonchev–Trinajstić information content (AvgIpc) is 2.53. The maximum atomic E-state index is 12.7. The molecule has 20 heavy (non-hydrogen) atoms. The molecule has 1 amide bonds. The zero-order valence-electron chi connectivity index (χ0n) is 14.2. The Labute approximate surface area is 124 Å². The fourth-order valence-electron chi connectivity index (χ4n) is 2.88. The molecule has 4 heteroatoms. The summed E-state index contributed by atoms with van der Waals surface area (Å²) in [6, 6.07) is 0. The lowest BCUT2D eigenvalue weighted by atomic mass is 9.99. The molecule has 1 aliphatic heterocycles. The molecule has 0 bridgehead atoms. The number of carbonyl (C=O) groups is 1. The molecule has 1 heterocycles. The number of hydrogen-bond acceptors (Lipinski definition) is 3. The van der Waals surface area contributed by atoms with Gasteiger partial charge in [-0.3, -0.25) is 10.1 Å². The highest BCUT2D eigenvalue weighted by Crippen LogP contribution is 2.28. The van der Waals surface area contributed by atoms with Gasteiger partial charge in [0.2, 0.25) is 5.91 Å². The van der Waals surface area contributed by atoms with E-state index in [-0.39, 0.29) is 17.7 Å². The summed E-state index contributed by atoms with van der Waals surface area (Å²) in [4.78, 5) is 14.7. The maximum Gasteiger partial charge on any atom is 0.243 e. The highest BCUT2D eigenvalue weighted by molar-refractivity contribution is 5.88. The van der Waals surface area contributed by atoms with Crippen LogP contribution in [0.4, 0.5) is 0 Å². The van der Waals surface area contributed by atoms with Gasteiger partial charge in [0.1, 0.15) is 0 Å². The first-order valence-electron chi connectivity index (χ1n) is 7.88. The minimum absolute atomic E-state index is 0.118. The summed E-state index contributed by atoms with van der Waals surface area (Å²) in [6.45, 7) is 15.9. The van der Waals surface area contributed by atoms with Gasteiger partial charge in [-0.1, -0.05) is 20.8 Å². The first-order valence-corrected chi connectivity index (χ1v) is 7.88. The Morgan fingerprint density at radius 3 is 2.45 bits per heavy atom. The van der Waals surface area contributed by atoms with Crippen LogP contribution in [0.1, 0.15) is 61.3 Å². The maximum absolute atomic E-state index is 12.7. The molecule has 1 saturated heterocycles. The second kappa shape index (κ2) is 6.44. The molecule has 1 aliphatic rings. The molecule has 0 aromatic heterocycles. The van der Waals surface area contributed by atoms with Crippen molar-refractivity contribution in [1.82, 2.24) is 10.2 Å². The van der Waals surface area contributed by atoms with E-state index in [1.807, 2.05) is 18.7 Å². The second-order valence-electron chi connectivity index (χ2n) is 7.10. The molecule has 0 radical (unpaired) electrons. The van der Waals surface area contributed by atoms with Crippen molar-refractivity contribution in [3.05, 3.63) is 0 Å². The normalized spacial score (nSPS) is 27.7. The standard InChI is InChI=1S/C16H32N2O2/c1-8-16(7)14(19)18(11-15(5,6)20-9-2)13(17-16)10-12(3)4/h12-13,17H,8-11H2,1-7H3. The summed E-state index contributed by atoms with van der Waals surface area (Å²) in [6.07, 6.45) is 1.90. The summed E-state index contributed by atoms with van der Waals surface area (Å²) in [5, 5.41) is 3.53. The van der Waals surface area contributed by atoms with Gasteiger partial charge in [0.05, 0.1) is 23.9 Å². The number of amides is 1. The zero-order valence-corrected chi connectivity index (χ0v) is 14.2. The van der Waals surface area contributed by atoms with Crippen LogP contribution in [0.3, 0.4) is 0 Å². The Balaban J connectivity index is 2.90. The van der Waals surface area contributed by atoms with Crippen molar-refractivity contribution < 1.29 is 9.53 Å². The lowest BCUT2D eigenvalue weighted by molar-refractivity contribution is -0.137. The topological polar surface area (TPSA) is 41.6 Å². The van der Waals surface area contributed by atoms with Crippen LogP contribution in [0, 0.1) is 5.92 Å². The number of nitrogens with zero attached hydrogens (tertiary/aromatic N) is 1. The molecule has 0 aromatic carbocycles. The molecular weight excluding hydrogens is 252 g/mol. The van der Waals surface area contributed by atoms with Gasteiger partial charge in [-0.15, -0.1) is 0 Å². The third-order valence-electron chi connectivity index (χ3n) is 4.08. The zero-order chi connectivity index (χ0) is 15.6. The second-order valence-corrected chi connectivity index (χ2v) is 7.10. The molecule has 0 aromatic rings. The molecular formula is C16H32N2O2. The van der Waals surface area contributed by atoms with Crippen LogP contribution < -0.4 is 5.32 Å². The highest BCUT2D eigenvalue weighted by Gasteiger charge is 2.47. The number of rotatable bonds is 7. The van der Waals surface area contributed by atoms with Crippen molar-refractivity contribution in [2.45, 2.75) is 78.6 Å². The first-order chi connectivity index (χ1) is 9.15. The Hall–Kier alpha value is -0.610. The van der Waals surface area contributed by atoms with Crippen molar-refractivity contribution in [3.8, 4) is 0 Å². The number of carbonyl (C=O) groups excluding carboxylic acids is 1. The Bertz CT molecular complexity index is 341. The molecule has 4 nitrogen and oxygen atoms in total. The number of hydrogen-bond donors (Lipinski definition) is 1. The molecule has 1 rings (SSSR count). The van der Waals surface area contributed by atoms with E-state index >= 15 is 0 Å². The van der Waals surface area contributed by atoms with E-state index in [1.54, 1.807) is 0 Å². The van der Waals surface area contributed by atoms with Gasteiger partial charge in [0, 0.05) is 6.61 Å². The quantitative estimate of drug-likeness (QED) is 0.781. The number of nitrogens with one attached hydrogen (secondary N) is 1. The van der Waals surface area contributed by atoms with E-state index in [2.05, 4.69) is 39.9 Å². The first kappa shape index (κ1) is 17.4. The Morgan fingerprint density at radius 2 is 2.00 bits per heavy atom. The van der Waals surface area contributed by atoms with Crippen molar-refractivity contribution in [1.29, 1.82) is 0 Å². The third-order valence-corrected chi connectivity index (χ3v) is 4.08.